The summed E-state index contributed by atoms with van der Waals surface area (Å²) in [6.07, 6.45) is 4.10. The number of H-pyrrole nitrogens is 1. The molecule has 0 saturated heterocycles. The van der Waals surface area contributed by atoms with E-state index in [1.807, 2.05) is 30.3 Å². The zero-order valence-electron chi connectivity index (χ0n) is 18.5. The molecule has 0 unspecified atom stereocenters. The van der Waals surface area contributed by atoms with Gasteiger partial charge in [-0.1, -0.05) is 12.1 Å². The zero-order valence-corrected chi connectivity index (χ0v) is 18.5. The first-order chi connectivity index (χ1) is 16.7. The Bertz CT molecular complexity index is 1280. The SMILES string of the molecule is COc1ccccc1NC(=O)Nc1ccc(Nc2nccc(Nc3cc(C4CC4)[nH]n3)n2)cc1. The van der Waals surface area contributed by atoms with Crippen LogP contribution in [-0.2, 0) is 0 Å². The van der Waals surface area contributed by atoms with Crippen molar-refractivity contribution in [2.75, 3.05) is 28.4 Å². The molecule has 0 bridgehead atoms. The molecule has 5 rings (SSSR count). The van der Waals surface area contributed by atoms with Gasteiger partial charge in [-0.25, -0.2) is 9.78 Å². The average Bonchev–Trinajstić information content (AvgIpc) is 3.60. The van der Waals surface area contributed by atoms with Gasteiger partial charge in [0.05, 0.1) is 12.8 Å². The van der Waals surface area contributed by atoms with E-state index in [2.05, 4.69) is 41.4 Å². The molecule has 1 aliphatic carbocycles. The minimum absolute atomic E-state index is 0.365. The van der Waals surface area contributed by atoms with Crippen LogP contribution < -0.4 is 26.0 Å². The summed E-state index contributed by atoms with van der Waals surface area (Å²) in [6.45, 7) is 0. The van der Waals surface area contributed by atoms with Crippen molar-refractivity contribution in [3.05, 3.63) is 72.6 Å². The van der Waals surface area contributed by atoms with Gasteiger partial charge >= 0.3 is 6.03 Å². The molecule has 2 heterocycles. The highest BCUT2D eigenvalue weighted by molar-refractivity contribution is 6.00. The molecule has 0 aliphatic heterocycles. The molecule has 0 radical (unpaired) electrons. The normalized spacial score (nSPS) is 12.6. The second-order valence-electron chi connectivity index (χ2n) is 7.86. The second-order valence-corrected chi connectivity index (χ2v) is 7.86. The van der Waals surface area contributed by atoms with Crippen LogP contribution in [0.15, 0.2) is 66.9 Å². The lowest BCUT2D eigenvalue weighted by molar-refractivity contribution is 0.262. The van der Waals surface area contributed by atoms with Gasteiger partial charge in [0.15, 0.2) is 5.82 Å². The summed E-state index contributed by atoms with van der Waals surface area (Å²) in [4.78, 5) is 21.1. The topological polar surface area (TPSA) is 129 Å². The first-order valence-electron chi connectivity index (χ1n) is 10.9. The Hall–Kier alpha value is -4.60. The van der Waals surface area contributed by atoms with E-state index in [0.29, 0.717) is 34.8 Å². The summed E-state index contributed by atoms with van der Waals surface area (Å²) in [5.74, 6) is 3.00. The van der Waals surface area contributed by atoms with Crippen LogP contribution in [0.4, 0.5) is 39.4 Å². The Morgan fingerprint density at radius 2 is 1.76 bits per heavy atom. The Labute approximate surface area is 196 Å². The second kappa shape index (κ2) is 9.49. The van der Waals surface area contributed by atoms with E-state index in [0.717, 1.165) is 17.2 Å². The Kier molecular flexibility index (Phi) is 5.93. The van der Waals surface area contributed by atoms with Gasteiger partial charge < -0.3 is 26.0 Å². The number of nitrogens with one attached hydrogen (secondary N) is 5. The first kappa shape index (κ1) is 21.3. The Balaban J connectivity index is 1.17. The van der Waals surface area contributed by atoms with Crippen LogP contribution in [0.5, 0.6) is 5.75 Å². The number of nitrogens with zero attached hydrogens (tertiary/aromatic N) is 3. The van der Waals surface area contributed by atoms with Gasteiger partial charge in [-0.3, -0.25) is 5.10 Å². The van der Waals surface area contributed by atoms with Crippen molar-refractivity contribution in [2.45, 2.75) is 18.8 Å². The molecular formula is C24H24N8O2. The van der Waals surface area contributed by atoms with Crippen molar-refractivity contribution in [2.24, 2.45) is 0 Å². The molecule has 5 N–H and O–H groups in total. The molecule has 2 aromatic carbocycles. The number of aromatic nitrogens is 4. The highest BCUT2D eigenvalue weighted by Gasteiger charge is 2.25. The summed E-state index contributed by atoms with van der Waals surface area (Å²) in [6, 6.07) is 17.9. The fraction of sp³-hybridized carbons (Fsp3) is 0.167. The smallest absolute Gasteiger partial charge is 0.323 e. The zero-order chi connectivity index (χ0) is 23.3. The summed E-state index contributed by atoms with van der Waals surface area (Å²) in [7, 11) is 1.56. The van der Waals surface area contributed by atoms with Crippen molar-refractivity contribution in [1.29, 1.82) is 0 Å². The monoisotopic (exact) mass is 456 g/mol. The van der Waals surface area contributed by atoms with Gasteiger partial charge in [0, 0.05) is 35.2 Å². The number of para-hydroxylation sites is 2. The molecule has 10 heteroatoms. The number of rotatable bonds is 8. The van der Waals surface area contributed by atoms with Crippen LogP contribution in [0, 0.1) is 0 Å². The van der Waals surface area contributed by atoms with Crippen LogP contribution in [0.1, 0.15) is 24.5 Å². The van der Waals surface area contributed by atoms with E-state index >= 15 is 0 Å². The predicted octanol–water partition coefficient (Wildman–Crippen LogP) is 5.22. The first-order valence-corrected chi connectivity index (χ1v) is 10.9. The van der Waals surface area contributed by atoms with Gasteiger partial charge in [0.2, 0.25) is 5.95 Å². The van der Waals surface area contributed by atoms with E-state index in [4.69, 9.17) is 4.74 Å². The fourth-order valence-corrected chi connectivity index (χ4v) is 3.42. The third kappa shape index (κ3) is 5.23. The number of amides is 2. The third-order valence-electron chi connectivity index (χ3n) is 5.28. The van der Waals surface area contributed by atoms with E-state index in [1.54, 1.807) is 43.6 Å². The standard InChI is InChI=1S/C24H24N8O2/c1-34-20-5-3-2-4-18(20)28-24(33)27-17-10-8-16(9-11-17)26-23-25-13-12-21(30-23)29-22-14-19(31-32-22)15-6-7-15/h2-5,8-15H,6-7H2,1H3,(H2,27,28,33)(H3,25,26,29,30,31,32). The van der Waals surface area contributed by atoms with Crippen molar-refractivity contribution in [3.8, 4) is 5.75 Å². The van der Waals surface area contributed by atoms with Crippen molar-refractivity contribution in [3.63, 3.8) is 0 Å². The maximum atomic E-state index is 12.3. The maximum Gasteiger partial charge on any atom is 0.323 e. The summed E-state index contributed by atoms with van der Waals surface area (Å²) in [5.41, 5.74) is 3.16. The third-order valence-corrected chi connectivity index (χ3v) is 5.28. The van der Waals surface area contributed by atoms with Crippen molar-refractivity contribution < 1.29 is 9.53 Å². The van der Waals surface area contributed by atoms with Crippen LogP contribution in [0.25, 0.3) is 0 Å². The van der Waals surface area contributed by atoms with E-state index in [9.17, 15) is 4.79 Å². The van der Waals surface area contributed by atoms with Crippen LogP contribution >= 0.6 is 0 Å². The van der Waals surface area contributed by atoms with Crippen LogP contribution in [-0.4, -0.2) is 33.3 Å². The van der Waals surface area contributed by atoms with Crippen LogP contribution in [0.3, 0.4) is 0 Å². The Morgan fingerprint density at radius 1 is 0.971 bits per heavy atom. The minimum Gasteiger partial charge on any atom is -0.495 e. The van der Waals surface area contributed by atoms with Gasteiger partial charge in [0.25, 0.3) is 0 Å². The number of carbonyl (C=O) groups is 1. The quantitative estimate of drug-likeness (QED) is 0.246. The predicted molar refractivity (Wildman–Crippen MR) is 131 cm³/mol. The van der Waals surface area contributed by atoms with Gasteiger partial charge in [-0.2, -0.15) is 10.1 Å². The molecular weight excluding hydrogens is 432 g/mol. The van der Waals surface area contributed by atoms with Crippen LogP contribution in [0.2, 0.25) is 0 Å². The summed E-state index contributed by atoms with van der Waals surface area (Å²) < 4.78 is 5.25. The molecule has 4 aromatic rings. The van der Waals surface area contributed by atoms with Crippen molar-refractivity contribution in [1.82, 2.24) is 20.2 Å². The highest BCUT2D eigenvalue weighted by atomic mass is 16.5. The number of aromatic amines is 1. The molecule has 1 saturated carbocycles. The maximum absolute atomic E-state index is 12.3. The van der Waals surface area contributed by atoms with E-state index < -0.39 is 0 Å². The number of hydrogen-bond donors (Lipinski definition) is 5. The molecule has 1 fully saturated rings. The number of hydrogen-bond acceptors (Lipinski definition) is 7. The number of methoxy groups -OCH3 is 1. The molecule has 0 atom stereocenters. The summed E-state index contributed by atoms with van der Waals surface area (Å²) >= 11 is 0. The molecule has 1 aliphatic rings. The molecule has 2 amide bonds. The van der Waals surface area contributed by atoms with E-state index in [-0.39, 0.29) is 6.03 Å². The van der Waals surface area contributed by atoms with Gasteiger partial charge in [-0.05, 0) is 55.3 Å². The average molecular weight is 457 g/mol. The fourth-order valence-electron chi connectivity index (χ4n) is 3.42. The minimum atomic E-state index is -0.365. The van der Waals surface area contributed by atoms with Gasteiger partial charge in [-0.15, -0.1) is 0 Å². The molecule has 10 nitrogen and oxygen atoms in total. The number of ether oxygens (including phenoxy) is 1. The lowest BCUT2D eigenvalue weighted by Gasteiger charge is -2.11. The molecule has 172 valence electrons. The molecule has 2 aromatic heterocycles. The number of carbonyl (C=O) groups excluding carboxylic acids is 1. The largest absolute Gasteiger partial charge is 0.495 e. The molecule has 0 spiro atoms. The number of benzene rings is 2. The highest BCUT2D eigenvalue weighted by Crippen LogP contribution is 2.39. The Morgan fingerprint density at radius 3 is 2.56 bits per heavy atom. The van der Waals surface area contributed by atoms with E-state index in [1.165, 1.54) is 12.8 Å². The molecule has 34 heavy (non-hydrogen) atoms. The van der Waals surface area contributed by atoms with Crippen molar-refractivity contribution >= 4 is 40.7 Å². The number of urea groups is 1. The number of anilines is 6. The lowest BCUT2D eigenvalue weighted by Crippen LogP contribution is -2.19. The van der Waals surface area contributed by atoms with Gasteiger partial charge in [0.1, 0.15) is 11.6 Å². The summed E-state index contributed by atoms with van der Waals surface area (Å²) in [5, 5.41) is 19.3. The lowest BCUT2D eigenvalue weighted by atomic mass is 10.3.